The lowest BCUT2D eigenvalue weighted by Crippen LogP contribution is -2.37. The Kier molecular flexibility index (Phi) is 5.50. The molecule has 0 radical (unpaired) electrons. The lowest BCUT2D eigenvalue weighted by Gasteiger charge is -2.44. The molecule has 0 unspecified atom stereocenters. The minimum absolute atomic E-state index is 0.490. The zero-order chi connectivity index (χ0) is 12.9. The van der Waals surface area contributed by atoms with E-state index in [1.165, 1.54) is 51.4 Å². The maximum atomic E-state index is 6.07. The molecule has 1 heteroatoms. The SMILES string of the molecule is CCCCCC1(CN)CCC(C(C)(C)C)CC1. The summed E-state index contributed by atoms with van der Waals surface area (Å²) in [4.78, 5) is 0. The highest BCUT2D eigenvalue weighted by Crippen LogP contribution is 2.47. The highest BCUT2D eigenvalue weighted by molar-refractivity contribution is 4.89. The summed E-state index contributed by atoms with van der Waals surface area (Å²) < 4.78 is 0. The zero-order valence-corrected chi connectivity index (χ0v) is 12.5. The molecule has 1 fully saturated rings. The third-order valence-electron chi connectivity index (χ3n) is 5.01. The maximum absolute atomic E-state index is 6.07. The molecule has 0 aromatic heterocycles. The van der Waals surface area contributed by atoms with Gasteiger partial charge in [0.2, 0.25) is 0 Å². The number of nitrogens with two attached hydrogens (primary N) is 1. The minimum atomic E-state index is 0.490. The Morgan fingerprint density at radius 3 is 2.12 bits per heavy atom. The van der Waals surface area contributed by atoms with Gasteiger partial charge in [0.25, 0.3) is 0 Å². The average molecular weight is 239 g/mol. The van der Waals surface area contributed by atoms with Gasteiger partial charge in [0.1, 0.15) is 0 Å². The zero-order valence-electron chi connectivity index (χ0n) is 12.5. The first-order valence-corrected chi connectivity index (χ1v) is 7.63. The molecule has 0 atom stereocenters. The van der Waals surface area contributed by atoms with Crippen LogP contribution in [0.25, 0.3) is 0 Å². The van der Waals surface area contributed by atoms with Gasteiger partial charge in [-0.25, -0.2) is 0 Å². The number of unbranched alkanes of at least 4 members (excludes halogenated alkanes) is 2. The van der Waals surface area contributed by atoms with E-state index in [2.05, 4.69) is 27.7 Å². The van der Waals surface area contributed by atoms with Crippen molar-refractivity contribution in [1.29, 1.82) is 0 Å². The van der Waals surface area contributed by atoms with Gasteiger partial charge >= 0.3 is 0 Å². The summed E-state index contributed by atoms with van der Waals surface area (Å²) >= 11 is 0. The summed E-state index contributed by atoms with van der Waals surface area (Å²) in [7, 11) is 0. The average Bonchev–Trinajstić information content (AvgIpc) is 2.29. The van der Waals surface area contributed by atoms with Crippen LogP contribution in [0.4, 0.5) is 0 Å². The van der Waals surface area contributed by atoms with Gasteiger partial charge in [0.05, 0.1) is 0 Å². The predicted molar refractivity (Wildman–Crippen MR) is 77.0 cm³/mol. The maximum Gasteiger partial charge on any atom is -0.00205 e. The van der Waals surface area contributed by atoms with E-state index in [9.17, 15) is 0 Å². The molecule has 0 aromatic carbocycles. The number of hydrogen-bond donors (Lipinski definition) is 1. The standard InChI is InChI=1S/C16H33N/c1-5-6-7-10-16(13-17)11-8-14(9-12-16)15(2,3)4/h14H,5-13,17H2,1-4H3. The van der Waals surface area contributed by atoms with Gasteiger partial charge in [0, 0.05) is 0 Å². The third-order valence-corrected chi connectivity index (χ3v) is 5.01. The molecule has 0 heterocycles. The molecule has 0 amide bonds. The molecule has 102 valence electrons. The van der Waals surface area contributed by atoms with Gasteiger partial charge < -0.3 is 5.73 Å². The summed E-state index contributed by atoms with van der Waals surface area (Å²) in [5, 5.41) is 0. The second-order valence-electron chi connectivity index (χ2n) is 7.30. The van der Waals surface area contributed by atoms with Gasteiger partial charge in [-0.3, -0.25) is 0 Å². The Labute approximate surface area is 109 Å². The van der Waals surface area contributed by atoms with Crippen LogP contribution in [0.2, 0.25) is 0 Å². The molecular weight excluding hydrogens is 206 g/mol. The molecule has 2 N–H and O–H groups in total. The van der Waals surface area contributed by atoms with Crippen molar-refractivity contribution in [2.45, 2.75) is 79.1 Å². The van der Waals surface area contributed by atoms with Crippen molar-refractivity contribution in [2.24, 2.45) is 22.5 Å². The monoisotopic (exact) mass is 239 g/mol. The first-order valence-electron chi connectivity index (χ1n) is 7.63. The van der Waals surface area contributed by atoms with Crippen LogP contribution < -0.4 is 5.73 Å². The van der Waals surface area contributed by atoms with Gasteiger partial charge in [-0.05, 0) is 55.4 Å². The summed E-state index contributed by atoms with van der Waals surface area (Å²) in [6.07, 6.45) is 11.0. The first-order chi connectivity index (χ1) is 7.93. The first kappa shape index (κ1) is 15.0. The second-order valence-corrected chi connectivity index (χ2v) is 7.30. The van der Waals surface area contributed by atoms with E-state index in [1.807, 2.05) is 0 Å². The fourth-order valence-corrected chi connectivity index (χ4v) is 3.40. The van der Waals surface area contributed by atoms with E-state index in [0.717, 1.165) is 12.5 Å². The molecule has 17 heavy (non-hydrogen) atoms. The quantitative estimate of drug-likeness (QED) is 0.688. The van der Waals surface area contributed by atoms with Crippen LogP contribution in [0.15, 0.2) is 0 Å². The van der Waals surface area contributed by atoms with E-state index in [1.54, 1.807) is 0 Å². The van der Waals surface area contributed by atoms with Crippen molar-refractivity contribution in [2.75, 3.05) is 6.54 Å². The molecule has 0 spiro atoms. The molecule has 1 aliphatic carbocycles. The highest BCUT2D eigenvalue weighted by Gasteiger charge is 2.37. The van der Waals surface area contributed by atoms with Gasteiger partial charge in [-0.15, -0.1) is 0 Å². The molecule has 1 nitrogen and oxygen atoms in total. The van der Waals surface area contributed by atoms with Crippen LogP contribution in [0.3, 0.4) is 0 Å². The topological polar surface area (TPSA) is 26.0 Å². The molecule has 1 rings (SSSR count). The Balaban J connectivity index is 2.45. The molecule has 0 aliphatic heterocycles. The lowest BCUT2D eigenvalue weighted by atomic mass is 9.62. The third kappa shape index (κ3) is 4.28. The minimum Gasteiger partial charge on any atom is -0.330 e. The fourth-order valence-electron chi connectivity index (χ4n) is 3.40. The van der Waals surface area contributed by atoms with Crippen molar-refractivity contribution in [3.05, 3.63) is 0 Å². The van der Waals surface area contributed by atoms with E-state index in [0.29, 0.717) is 10.8 Å². The van der Waals surface area contributed by atoms with E-state index < -0.39 is 0 Å². The van der Waals surface area contributed by atoms with E-state index in [-0.39, 0.29) is 0 Å². The van der Waals surface area contributed by atoms with Crippen LogP contribution >= 0.6 is 0 Å². The molecule has 1 aliphatic rings. The van der Waals surface area contributed by atoms with Crippen LogP contribution in [0.1, 0.15) is 79.1 Å². The van der Waals surface area contributed by atoms with Crippen LogP contribution in [0, 0.1) is 16.7 Å². The van der Waals surface area contributed by atoms with Crippen LogP contribution in [0.5, 0.6) is 0 Å². The Bertz CT molecular complexity index is 206. The molecule has 1 saturated carbocycles. The summed E-state index contributed by atoms with van der Waals surface area (Å²) in [6.45, 7) is 10.4. The molecule has 0 bridgehead atoms. The number of rotatable bonds is 5. The van der Waals surface area contributed by atoms with Crippen molar-refractivity contribution in [3.8, 4) is 0 Å². The fraction of sp³-hybridized carbons (Fsp3) is 1.00. The Hall–Kier alpha value is -0.0400. The molecule has 0 saturated heterocycles. The van der Waals surface area contributed by atoms with Gasteiger partial charge in [-0.1, -0.05) is 47.0 Å². The summed E-state index contributed by atoms with van der Waals surface area (Å²) in [5.41, 5.74) is 7.06. The highest BCUT2D eigenvalue weighted by atomic mass is 14.6. The Morgan fingerprint density at radius 1 is 1.12 bits per heavy atom. The predicted octanol–water partition coefficient (Wildman–Crippen LogP) is 4.75. The second kappa shape index (κ2) is 6.22. The summed E-state index contributed by atoms with van der Waals surface area (Å²) in [6, 6.07) is 0. The molecule has 0 aromatic rings. The van der Waals surface area contributed by atoms with Crippen molar-refractivity contribution < 1.29 is 0 Å². The van der Waals surface area contributed by atoms with Gasteiger partial charge in [0.15, 0.2) is 0 Å². The van der Waals surface area contributed by atoms with Crippen molar-refractivity contribution in [1.82, 2.24) is 0 Å². The molecular formula is C16H33N. The van der Waals surface area contributed by atoms with E-state index in [4.69, 9.17) is 5.73 Å². The Morgan fingerprint density at radius 2 is 1.71 bits per heavy atom. The van der Waals surface area contributed by atoms with E-state index >= 15 is 0 Å². The van der Waals surface area contributed by atoms with Crippen LogP contribution in [-0.2, 0) is 0 Å². The van der Waals surface area contributed by atoms with Crippen molar-refractivity contribution >= 4 is 0 Å². The van der Waals surface area contributed by atoms with Crippen molar-refractivity contribution in [3.63, 3.8) is 0 Å². The smallest absolute Gasteiger partial charge is 0.00205 e. The normalized spacial score (nSPS) is 30.5. The van der Waals surface area contributed by atoms with Gasteiger partial charge in [-0.2, -0.15) is 0 Å². The summed E-state index contributed by atoms with van der Waals surface area (Å²) in [5.74, 6) is 0.911. The largest absolute Gasteiger partial charge is 0.330 e. The van der Waals surface area contributed by atoms with Crippen LogP contribution in [-0.4, -0.2) is 6.54 Å². The lowest BCUT2D eigenvalue weighted by molar-refractivity contribution is 0.0842. The number of hydrogen-bond acceptors (Lipinski definition) is 1.